The maximum absolute atomic E-state index is 12.5. The van der Waals surface area contributed by atoms with E-state index >= 15 is 0 Å². The normalized spacial score (nSPS) is 16.6. The lowest BCUT2D eigenvalue weighted by molar-refractivity contribution is -0.128. The van der Waals surface area contributed by atoms with Gasteiger partial charge in [0.2, 0.25) is 11.8 Å². The van der Waals surface area contributed by atoms with Gasteiger partial charge in [-0.2, -0.15) is 0 Å². The van der Waals surface area contributed by atoms with Crippen molar-refractivity contribution in [1.29, 1.82) is 0 Å². The zero-order valence-corrected chi connectivity index (χ0v) is 16.8. The second kappa shape index (κ2) is 10.9. The first-order valence-corrected chi connectivity index (χ1v) is 9.97. The van der Waals surface area contributed by atoms with Crippen LogP contribution in [0.15, 0.2) is 24.3 Å². The average molecular weight is 376 g/mol. The summed E-state index contributed by atoms with van der Waals surface area (Å²) >= 11 is 0. The number of carbonyl (C=O) groups excluding carboxylic acids is 2. The average Bonchev–Trinajstić information content (AvgIpc) is 2.71. The fraction of sp³-hybridized carbons (Fsp3) is 0.619. The Balaban J connectivity index is 1.74. The zero-order chi connectivity index (χ0) is 19.6. The van der Waals surface area contributed by atoms with Gasteiger partial charge < -0.3 is 15.4 Å². The number of hydrogen-bond donors (Lipinski definition) is 2. The van der Waals surface area contributed by atoms with Gasteiger partial charge in [-0.1, -0.05) is 25.5 Å². The predicted octanol–water partition coefficient (Wildman–Crippen LogP) is 2.33. The van der Waals surface area contributed by atoms with Crippen molar-refractivity contribution >= 4 is 11.8 Å². The third-order valence-corrected chi connectivity index (χ3v) is 5.26. The van der Waals surface area contributed by atoms with E-state index in [-0.39, 0.29) is 23.8 Å². The third kappa shape index (κ3) is 6.54. The van der Waals surface area contributed by atoms with Crippen molar-refractivity contribution in [3.8, 4) is 5.75 Å². The summed E-state index contributed by atoms with van der Waals surface area (Å²) in [4.78, 5) is 26.8. The molecule has 0 spiro atoms. The molecular formula is C21H33N3O3. The van der Waals surface area contributed by atoms with Gasteiger partial charge >= 0.3 is 0 Å². The fourth-order valence-corrected chi connectivity index (χ4v) is 3.37. The molecule has 0 saturated carbocycles. The van der Waals surface area contributed by atoms with Gasteiger partial charge in [0.05, 0.1) is 13.2 Å². The van der Waals surface area contributed by atoms with Crippen LogP contribution in [0, 0.1) is 5.92 Å². The maximum Gasteiger partial charge on any atom is 0.237 e. The summed E-state index contributed by atoms with van der Waals surface area (Å²) in [5.74, 6) is 1.04. The number of nitrogens with one attached hydrogen (secondary N) is 2. The SMILES string of the molecule is CCCCNC(=O)C1CCN(C(C)C(=O)NCc2cccc(OC)c2)CC1. The molecule has 1 unspecified atom stereocenters. The number of piperidine rings is 1. The third-order valence-electron chi connectivity index (χ3n) is 5.26. The molecular weight excluding hydrogens is 342 g/mol. The number of unbranched alkanes of at least 4 members (excludes halogenated alkanes) is 1. The topological polar surface area (TPSA) is 70.7 Å². The molecule has 1 fully saturated rings. The Labute approximate surface area is 162 Å². The summed E-state index contributed by atoms with van der Waals surface area (Å²) in [6, 6.07) is 7.50. The zero-order valence-electron chi connectivity index (χ0n) is 16.8. The van der Waals surface area contributed by atoms with Crippen LogP contribution in [-0.2, 0) is 16.1 Å². The Hall–Kier alpha value is -2.08. The molecule has 1 aromatic rings. The van der Waals surface area contributed by atoms with E-state index in [2.05, 4.69) is 22.5 Å². The van der Waals surface area contributed by atoms with Gasteiger partial charge in [-0.15, -0.1) is 0 Å². The number of likely N-dealkylation sites (tertiary alicyclic amines) is 1. The van der Waals surface area contributed by atoms with Crippen molar-refractivity contribution in [3.05, 3.63) is 29.8 Å². The molecule has 0 aromatic heterocycles. The number of nitrogens with zero attached hydrogens (tertiary/aromatic N) is 1. The summed E-state index contributed by atoms with van der Waals surface area (Å²) in [5, 5.41) is 6.02. The van der Waals surface area contributed by atoms with E-state index in [1.807, 2.05) is 31.2 Å². The standard InChI is InChI=1S/C21H33N3O3/c1-4-5-11-22-21(26)18-9-12-24(13-10-18)16(2)20(25)23-15-17-7-6-8-19(14-17)27-3/h6-8,14,16,18H,4-5,9-13,15H2,1-3H3,(H,22,26)(H,23,25). The molecule has 1 atom stereocenters. The number of ether oxygens (including phenoxy) is 1. The molecule has 6 nitrogen and oxygen atoms in total. The Morgan fingerprint density at radius 3 is 2.67 bits per heavy atom. The number of hydrogen-bond acceptors (Lipinski definition) is 4. The number of carbonyl (C=O) groups is 2. The lowest BCUT2D eigenvalue weighted by Gasteiger charge is -2.34. The molecule has 6 heteroatoms. The van der Waals surface area contributed by atoms with Crippen LogP contribution in [0.5, 0.6) is 5.75 Å². The number of amides is 2. The summed E-state index contributed by atoms with van der Waals surface area (Å²) in [5.41, 5.74) is 1.01. The van der Waals surface area contributed by atoms with Gasteiger partial charge in [0.1, 0.15) is 5.75 Å². The molecule has 2 rings (SSSR count). The van der Waals surface area contributed by atoms with Gasteiger partial charge in [-0.25, -0.2) is 0 Å². The number of benzene rings is 1. The van der Waals surface area contributed by atoms with Crippen molar-refractivity contribution in [2.75, 3.05) is 26.7 Å². The monoisotopic (exact) mass is 375 g/mol. The molecule has 1 aliphatic heterocycles. The van der Waals surface area contributed by atoms with Crippen molar-refractivity contribution in [3.63, 3.8) is 0 Å². The van der Waals surface area contributed by atoms with Gasteiger partial charge in [-0.05, 0) is 57.0 Å². The molecule has 1 saturated heterocycles. The minimum Gasteiger partial charge on any atom is -0.497 e. The molecule has 0 bridgehead atoms. The maximum atomic E-state index is 12.5. The summed E-state index contributed by atoms with van der Waals surface area (Å²) in [7, 11) is 1.63. The Morgan fingerprint density at radius 2 is 2.00 bits per heavy atom. The number of methoxy groups -OCH3 is 1. The first kappa shape index (κ1) is 21.2. The second-order valence-corrected chi connectivity index (χ2v) is 7.20. The summed E-state index contributed by atoms with van der Waals surface area (Å²) in [6.45, 7) is 6.85. The highest BCUT2D eigenvalue weighted by Crippen LogP contribution is 2.19. The second-order valence-electron chi connectivity index (χ2n) is 7.20. The molecule has 2 N–H and O–H groups in total. The minimum absolute atomic E-state index is 0.0173. The molecule has 1 heterocycles. The van der Waals surface area contributed by atoms with Crippen molar-refractivity contribution in [1.82, 2.24) is 15.5 Å². The minimum atomic E-state index is -0.195. The van der Waals surface area contributed by atoms with E-state index in [4.69, 9.17) is 4.74 Å². The van der Waals surface area contributed by atoms with Gasteiger partial charge in [0, 0.05) is 19.0 Å². The Kier molecular flexibility index (Phi) is 8.58. The van der Waals surface area contributed by atoms with E-state index in [1.54, 1.807) is 7.11 Å². The number of rotatable bonds is 9. The van der Waals surface area contributed by atoms with E-state index < -0.39 is 0 Å². The van der Waals surface area contributed by atoms with E-state index in [0.29, 0.717) is 6.54 Å². The highest BCUT2D eigenvalue weighted by Gasteiger charge is 2.29. The van der Waals surface area contributed by atoms with Gasteiger partial charge in [-0.3, -0.25) is 14.5 Å². The van der Waals surface area contributed by atoms with Crippen LogP contribution in [0.4, 0.5) is 0 Å². The first-order valence-electron chi connectivity index (χ1n) is 9.97. The highest BCUT2D eigenvalue weighted by molar-refractivity contribution is 5.81. The van der Waals surface area contributed by atoms with Crippen LogP contribution in [0.2, 0.25) is 0 Å². The van der Waals surface area contributed by atoms with Crippen LogP contribution in [0.1, 0.15) is 45.1 Å². The predicted molar refractivity (Wildman–Crippen MR) is 107 cm³/mol. The quantitative estimate of drug-likeness (QED) is 0.650. The van der Waals surface area contributed by atoms with Crippen molar-refractivity contribution in [2.24, 2.45) is 5.92 Å². The summed E-state index contributed by atoms with van der Waals surface area (Å²) in [6.07, 6.45) is 3.73. The molecule has 1 aliphatic rings. The van der Waals surface area contributed by atoms with Crippen LogP contribution in [0.3, 0.4) is 0 Å². The Morgan fingerprint density at radius 1 is 1.26 bits per heavy atom. The van der Waals surface area contributed by atoms with E-state index in [0.717, 1.165) is 56.6 Å². The van der Waals surface area contributed by atoms with Gasteiger partial charge in [0.25, 0.3) is 0 Å². The van der Waals surface area contributed by atoms with Crippen LogP contribution in [-0.4, -0.2) is 49.5 Å². The van der Waals surface area contributed by atoms with E-state index in [1.165, 1.54) is 0 Å². The lowest BCUT2D eigenvalue weighted by atomic mass is 9.95. The van der Waals surface area contributed by atoms with Crippen LogP contribution in [0.25, 0.3) is 0 Å². The summed E-state index contributed by atoms with van der Waals surface area (Å²) < 4.78 is 5.21. The van der Waals surface area contributed by atoms with E-state index in [9.17, 15) is 9.59 Å². The van der Waals surface area contributed by atoms with Crippen LogP contribution < -0.4 is 15.4 Å². The van der Waals surface area contributed by atoms with Crippen molar-refractivity contribution < 1.29 is 14.3 Å². The Bertz CT molecular complexity index is 612. The fourth-order valence-electron chi connectivity index (χ4n) is 3.37. The van der Waals surface area contributed by atoms with Crippen LogP contribution >= 0.6 is 0 Å². The molecule has 2 amide bonds. The molecule has 0 radical (unpaired) electrons. The molecule has 0 aliphatic carbocycles. The van der Waals surface area contributed by atoms with Gasteiger partial charge in [0.15, 0.2) is 0 Å². The first-order chi connectivity index (χ1) is 13.0. The molecule has 150 valence electrons. The smallest absolute Gasteiger partial charge is 0.237 e. The largest absolute Gasteiger partial charge is 0.497 e. The lowest BCUT2D eigenvalue weighted by Crippen LogP contribution is -2.49. The molecule has 27 heavy (non-hydrogen) atoms. The molecule has 1 aromatic carbocycles. The van der Waals surface area contributed by atoms with Crippen molar-refractivity contribution in [2.45, 2.75) is 52.1 Å². The highest BCUT2D eigenvalue weighted by atomic mass is 16.5.